The number of hydrogen-bond donors (Lipinski definition) is 1. The maximum absolute atomic E-state index is 13.6. The second-order valence-corrected chi connectivity index (χ2v) is 9.43. The van der Waals surface area contributed by atoms with E-state index >= 15 is 0 Å². The van der Waals surface area contributed by atoms with Gasteiger partial charge in [-0.25, -0.2) is 4.79 Å². The van der Waals surface area contributed by atoms with Gasteiger partial charge in [0.2, 0.25) is 6.79 Å². The number of ketones is 1. The third kappa shape index (κ3) is 4.66. The maximum atomic E-state index is 13.6. The second-order valence-electron chi connectivity index (χ2n) is 9.43. The Kier molecular flexibility index (Phi) is 6.65. The average molecular weight is 491 g/mol. The van der Waals surface area contributed by atoms with Gasteiger partial charge in [0.05, 0.1) is 13.1 Å². The molecule has 36 heavy (non-hydrogen) atoms. The first-order valence-corrected chi connectivity index (χ1v) is 12.2. The fourth-order valence-corrected chi connectivity index (χ4v) is 5.08. The normalized spacial score (nSPS) is 15.1. The van der Waals surface area contributed by atoms with Crippen molar-refractivity contribution in [2.24, 2.45) is 7.05 Å². The van der Waals surface area contributed by atoms with E-state index in [1.165, 1.54) is 11.6 Å². The highest BCUT2D eigenvalue weighted by Crippen LogP contribution is 2.33. The SMILES string of the molecule is Cn1c(=O)c(C(=O)CN(Cc2ccc3c(c2)OCO3)C2CCCC2)c(N)n(Cc2ccccc2)c1=O. The van der Waals surface area contributed by atoms with Gasteiger partial charge < -0.3 is 15.2 Å². The Morgan fingerprint density at radius 1 is 1.03 bits per heavy atom. The molecule has 1 fully saturated rings. The fraction of sp³-hybridized carbons (Fsp3) is 0.370. The minimum atomic E-state index is -0.665. The van der Waals surface area contributed by atoms with Crippen LogP contribution in [0.1, 0.15) is 47.2 Å². The lowest BCUT2D eigenvalue weighted by Gasteiger charge is -2.28. The summed E-state index contributed by atoms with van der Waals surface area (Å²) in [6.07, 6.45) is 4.17. The first-order chi connectivity index (χ1) is 17.4. The Hall–Kier alpha value is -3.85. The number of carbonyl (C=O) groups is 1. The Balaban J connectivity index is 1.45. The maximum Gasteiger partial charge on any atom is 0.332 e. The van der Waals surface area contributed by atoms with Crippen LogP contribution < -0.4 is 26.5 Å². The second kappa shape index (κ2) is 10.0. The summed E-state index contributed by atoms with van der Waals surface area (Å²) in [5.41, 5.74) is 6.81. The van der Waals surface area contributed by atoms with Gasteiger partial charge in [0, 0.05) is 19.6 Å². The molecule has 2 heterocycles. The van der Waals surface area contributed by atoms with Crippen molar-refractivity contribution in [1.82, 2.24) is 14.0 Å². The number of nitrogen functional groups attached to an aromatic ring is 1. The molecular formula is C27H30N4O5. The van der Waals surface area contributed by atoms with E-state index in [-0.39, 0.29) is 43.1 Å². The zero-order chi connectivity index (χ0) is 25.2. The van der Waals surface area contributed by atoms with Gasteiger partial charge in [-0.15, -0.1) is 0 Å². The van der Waals surface area contributed by atoms with Crippen molar-refractivity contribution < 1.29 is 14.3 Å². The molecular weight excluding hydrogens is 460 g/mol. The number of aromatic nitrogens is 2. The van der Waals surface area contributed by atoms with Crippen LogP contribution >= 0.6 is 0 Å². The number of fused-ring (bicyclic) bond motifs is 1. The summed E-state index contributed by atoms with van der Waals surface area (Å²) in [6.45, 7) is 0.924. The molecule has 0 unspecified atom stereocenters. The number of ether oxygens (including phenoxy) is 2. The van der Waals surface area contributed by atoms with Crippen LogP contribution in [0.5, 0.6) is 11.5 Å². The molecule has 0 amide bonds. The molecule has 0 saturated heterocycles. The Morgan fingerprint density at radius 2 is 1.75 bits per heavy atom. The summed E-state index contributed by atoms with van der Waals surface area (Å²) in [5.74, 6) is 0.921. The molecule has 2 N–H and O–H groups in total. The van der Waals surface area contributed by atoms with Gasteiger partial charge in [0.25, 0.3) is 5.56 Å². The van der Waals surface area contributed by atoms with Crippen molar-refractivity contribution in [3.63, 3.8) is 0 Å². The summed E-state index contributed by atoms with van der Waals surface area (Å²) < 4.78 is 13.2. The van der Waals surface area contributed by atoms with E-state index in [0.717, 1.165) is 41.4 Å². The standard InChI is InChI=1S/C27H30N4O5/c1-29-26(33)24(25(28)31(27(29)34)15-18-7-3-2-4-8-18)21(32)16-30(20-9-5-6-10-20)14-19-11-12-22-23(13-19)36-17-35-22/h2-4,7-8,11-13,20H,5-6,9-10,14-17,28H2,1H3. The summed E-state index contributed by atoms with van der Waals surface area (Å²) in [7, 11) is 1.38. The van der Waals surface area contributed by atoms with E-state index in [1.54, 1.807) is 0 Å². The smallest absolute Gasteiger partial charge is 0.332 e. The highest BCUT2D eigenvalue weighted by Gasteiger charge is 2.29. The van der Waals surface area contributed by atoms with Crippen LogP contribution in [0.4, 0.5) is 5.82 Å². The summed E-state index contributed by atoms with van der Waals surface area (Å²) in [6, 6.07) is 15.3. The van der Waals surface area contributed by atoms with Gasteiger partial charge in [-0.2, -0.15) is 0 Å². The number of nitrogens with two attached hydrogens (primary N) is 1. The molecule has 3 aromatic rings. The molecule has 2 aromatic carbocycles. The molecule has 9 heteroatoms. The minimum absolute atomic E-state index is 0.0299. The largest absolute Gasteiger partial charge is 0.454 e. The van der Waals surface area contributed by atoms with E-state index in [1.807, 2.05) is 48.5 Å². The molecule has 0 radical (unpaired) electrons. The first-order valence-electron chi connectivity index (χ1n) is 12.2. The third-order valence-electron chi connectivity index (χ3n) is 7.06. The Morgan fingerprint density at radius 3 is 2.50 bits per heavy atom. The Bertz CT molecular complexity index is 1390. The zero-order valence-electron chi connectivity index (χ0n) is 20.3. The van der Waals surface area contributed by atoms with Crippen molar-refractivity contribution >= 4 is 11.6 Å². The summed E-state index contributed by atoms with van der Waals surface area (Å²) >= 11 is 0. The predicted octanol–water partition coefficient (Wildman–Crippen LogP) is 2.53. The van der Waals surface area contributed by atoms with Crippen LogP contribution in [-0.2, 0) is 20.1 Å². The van der Waals surface area contributed by atoms with Crippen LogP contribution in [0.3, 0.4) is 0 Å². The molecule has 1 aromatic heterocycles. The molecule has 9 nitrogen and oxygen atoms in total. The van der Waals surface area contributed by atoms with Gasteiger partial charge in [-0.3, -0.25) is 23.6 Å². The number of Topliss-reactive ketones (excluding diaryl/α,β-unsaturated/α-hetero) is 1. The monoisotopic (exact) mass is 490 g/mol. The van der Waals surface area contributed by atoms with Gasteiger partial charge in [0.1, 0.15) is 11.4 Å². The number of rotatable bonds is 8. The number of nitrogens with zero attached hydrogens (tertiary/aromatic N) is 3. The Labute approximate surface area is 208 Å². The van der Waals surface area contributed by atoms with E-state index in [0.29, 0.717) is 18.0 Å². The van der Waals surface area contributed by atoms with Gasteiger partial charge in [-0.1, -0.05) is 49.2 Å². The number of carbonyl (C=O) groups excluding carboxylic acids is 1. The van der Waals surface area contributed by atoms with Crippen molar-refractivity contribution in [2.75, 3.05) is 19.1 Å². The molecule has 5 rings (SSSR count). The summed E-state index contributed by atoms with van der Waals surface area (Å²) in [5, 5.41) is 0. The molecule has 188 valence electrons. The van der Waals surface area contributed by atoms with Gasteiger partial charge in [0.15, 0.2) is 17.3 Å². The zero-order valence-corrected chi connectivity index (χ0v) is 20.3. The lowest BCUT2D eigenvalue weighted by molar-refractivity contribution is 0.0881. The predicted molar refractivity (Wildman–Crippen MR) is 135 cm³/mol. The highest BCUT2D eigenvalue weighted by molar-refractivity contribution is 6.01. The van der Waals surface area contributed by atoms with Crippen LogP contribution in [0.25, 0.3) is 0 Å². The van der Waals surface area contributed by atoms with Gasteiger partial charge in [-0.05, 0) is 36.1 Å². The molecule has 0 spiro atoms. The highest BCUT2D eigenvalue weighted by atomic mass is 16.7. The van der Waals surface area contributed by atoms with Crippen LogP contribution in [0.15, 0.2) is 58.1 Å². The number of benzene rings is 2. The quantitative estimate of drug-likeness (QED) is 0.484. The van der Waals surface area contributed by atoms with E-state index in [2.05, 4.69) is 4.90 Å². The number of anilines is 1. The van der Waals surface area contributed by atoms with Crippen LogP contribution in [-0.4, -0.2) is 39.2 Å². The van der Waals surface area contributed by atoms with Crippen molar-refractivity contribution in [1.29, 1.82) is 0 Å². The molecule has 1 aliphatic carbocycles. The molecule has 1 aliphatic heterocycles. The third-order valence-corrected chi connectivity index (χ3v) is 7.06. The van der Waals surface area contributed by atoms with Crippen molar-refractivity contribution in [3.8, 4) is 11.5 Å². The first kappa shape index (κ1) is 23.9. The van der Waals surface area contributed by atoms with Gasteiger partial charge >= 0.3 is 5.69 Å². The molecule has 1 saturated carbocycles. The molecule has 0 atom stereocenters. The van der Waals surface area contributed by atoms with Crippen LogP contribution in [0.2, 0.25) is 0 Å². The summed E-state index contributed by atoms with van der Waals surface area (Å²) in [4.78, 5) is 41.6. The van der Waals surface area contributed by atoms with Crippen LogP contribution in [0, 0.1) is 0 Å². The molecule has 2 aliphatic rings. The lowest BCUT2D eigenvalue weighted by atomic mass is 10.1. The minimum Gasteiger partial charge on any atom is -0.454 e. The van der Waals surface area contributed by atoms with Crippen molar-refractivity contribution in [3.05, 3.63) is 86.1 Å². The molecule has 0 bridgehead atoms. The van der Waals surface area contributed by atoms with Crippen molar-refractivity contribution in [2.45, 2.75) is 44.8 Å². The lowest BCUT2D eigenvalue weighted by Crippen LogP contribution is -2.45. The van der Waals surface area contributed by atoms with E-state index < -0.39 is 11.2 Å². The fourth-order valence-electron chi connectivity index (χ4n) is 5.08. The van der Waals surface area contributed by atoms with E-state index in [9.17, 15) is 14.4 Å². The van der Waals surface area contributed by atoms with E-state index in [4.69, 9.17) is 15.2 Å². The average Bonchev–Trinajstić information content (AvgIpc) is 3.58. The topological polar surface area (TPSA) is 109 Å². The number of hydrogen-bond acceptors (Lipinski definition) is 7.